The molecule has 1 aliphatic rings. The fourth-order valence-electron chi connectivity index (χ4n) is 3.59. The van der Waals surface area contributed by atoms with E-state index in [9.17, 15) is 18.0 Å². The number of anilines is 2. The van der Waals surface area contributed by atoms with Gasteiger partial charge >= 0.3 is 6.18 Å². The molecule has 6 nitrogen and oxygen atoms in total. The van der Waals surface area contributed by atoms with Crippen LogP contribution in [-0.2, 0) is 12.7 Å². The quantitative estimate of drug-likeness (QED) is 0.647. The summed E-state index contributed by atoms with van der Waals surface area (Å²) < 4.78 is 48.3. The van der Waals surface area contributed by atoms with Crippen LogP contribution >= 0.6 is 0 Å². The summed E-state index contributed by atoms with van der Waals surface area (Å²) in [5.74, 6) is -0.0425. The van der Waals surface area contributed by atoms with E-state index in [4.69, 9.17) is 4.42 Å². The first-order valence-corrected chi connectivity index (χ1v) is 9.72. The highest BCUT2D eigenvalue weighted by Crippen LogP contribution is 2.39. The number of carbonyl (C=O) groups excluding carboxylic acids is 1. The van der Waals surface area contributed by atoms with Crippen LogP contribution in [0.25, 0.3) is 0 Å². The Kier molecular flexibility index (Phi) is 5.52. The number of carbonyl (C=O) groups is 1. The van der Waals surface area contributed by atoms with Gasteiger partial charge in [-0.1, -0.05) is 0 Å². The van der Waals surface area contributed by atoms with Crippen molar-refractivity contribution in [3.63, 3.8) is 0 Å². The van der Waals surface area contributed by atoms with Crippen LogP contribution in [0.4, 0.5) is 24.5 Å². The summed E-state index contributed by atoms with van der Waals surface area (Å²) in [7, 11) is 0. The number of aromatic nitrogens is 2. The molecule has 1 saturated heterocycles. The summed E-state index contributed by atoms with van der Waals surface area (Å²) >= 11 is 0. The van der Waals surface area contributed by atoms with Gasteiger partial charge in [0.1, 0.15) is 5.76 Å². The zero-order valence-electron chi connectivity index (χ0n) is 16.2. The Bertz CT molecular complexity index is 1010. The van der Waals surface area contributed by atoms with E-state index in [1.807, 2.05) is 0 Å². The molecule has 0 unspecified atom stereocenters. The van der Waals surface area contributed by atoms with Crippen molar-refractivity contribution in [1.82, 2.24) is 9.55 Å². The van der Waals surface area contributed by atoms with Gasteiger partial charge in [-0.05, 0) is 49.6 Å². The number of benzene rings is 1. The number of amides is 1. The fraction of sp³-hybridized carbons (Fsp3) is 0.333. The van der Waals surface area contributed by atoms with Crippen molar-refractivity contribution in [3.05, 3.63) is 66.1 Å². The van der Waals surface area contributed by atoms with E-state index in [1.165, 1.54) is 18.2 Å². The van der Waals surface area contributed by atoms with Crippen molar-refractivity contribution in [2.45, 2.75) is 32.0 Å². The predicted octanol–water partition coefficient (Wildman–Crippen LogP) is 4.79. The molecule has 3 aromatic rings. The van der Waals surface area contributed by atoms with Gasteiger partial charge in [-0.25, -0.2) is 4.98 Å². The van der Waals surface area contributed by atoms with E-state index in [2.05, 4.69) is 10.3 Å². The molecule has 4 rings (SSSR count). The van der Waals surface area contributed by atoms with E-state index >= 15 is 0 Å². The summed E-state index contributed by atoms with van der Waals surface area (Å²) in [5, 5.41) is 2.50. The second-order valence-electron chi connectivity index (χ2n) is 7.23. The zero-order chi connectivity index (χ0) is 21.1. The van der Waals surface area contributed by atoms with Crippen LogP contribution in [-0.4, -0.2) is 28.5 Å². The summed E-state index contributed by atoms with van der Waals surface area (Å²) in [4.78, 5) is 18.2. The lowest BCUT2D eigenvalue weighted by molar-refractivity contribution is -0.137. The number of alkyl halides is 3. The third-order valence-electron chi connectivity index (χ3n) is 5.04. The van der Waals surface area contributed by atoms with Crippen molar-refractivity contribution in [2.24, 2.45) is 0 Å². The minimum absolute atomic E-state index is 0.0266. The highest BCUT2D eigenvalue weighted by Gasteiger charge is 2.35. The summed E-state index contributed by atoms with van der Waals surface area (Å²) in [6, 6.07) is 7.05. The molecule has 1 aromatic carbocycles. The summed E-state index contributed by atoms with van der Waals surface area (Å²) in [5.41, 5.74) is -0.524. The first-order chi connectivity index (χ1) is 14.4. The van der Waals surface area contributed by atoms with E-state index in [0.717, 1.165) is 25.3 Å². The molecule has 3 heterocycles. The molecule has 0 aliphatic carbocycles. The lowest BCUT2D eigenvalue weighted by Crippen LogP contribution is -2.31. The van der Waals surface area contributed by atoms with E-state index in [0.29, 0.717) is 25.4 Å². The van der Waals surface area contributed by atoms with Gasteiger partial charge in [0.25, 0.3) is 5.91 Å². The Balaban J connectivity index is 1.51. The number of nitrogens with zero attached hydrogens (tertiary/aromatic N) is 3. The third-order valence-corrected chi connectivity index (χ3v) is 5.04. The smallest absolute Gasteiger partial charge is 0.418 e. The maximum absolute atomic E-state index is 13.7. The van der Waals surface area contributed by atoms with Crippen molar-refractivity contribution >= 4 is 17.3 Å². The third kappa shape index (κ3) is 4.50. The molecule has 0 spiro atoms. The maximum Gasteiger partial charge on any atom is 0.418 e. The molecule has 1 amide bonds. The van der Waals surface area contributed by atoms with Gasteiger partial charge in [0, 0.05) is 36.9 Å². The molecule has 0 bridgehead atoms. The fourth-order valence-corrected chi connectivity index (χ4v) is 3.59. The standard InChI is InChI=1S/C21H21F3N4O2/c22-21(23,24)17-12-15(4-6-18(17)28-9-2-1-3-10-28)26-20(29)19-7-5-16(30-19)13-27-11-8-25-14-27/h4-8,11-12,14H,1-3,9-10,13H2,(H,26,29). The largest absolute Gasteiger partial charge is 0.454 e. The summed E-state index contributed by atoms with van der Waals surface area (Å²) in [6.45, 7) is 1.60. The molecule has 158 valence electrons. The molecular weight excluding hydrogens is 397 g/mol. The van der Waals surface area contributed by atoms with E-state index < -0.39 is 17.6 Å². The van der Waals surface area contributed by atoms with Gasteiger partial charge in [0.05, 0.1) is 18.4 Å². The number of furan rings is 1. The molecule has 1 fully saturated rings. The lowest BCUT2D eigenvalue weighted by Gasteiger charge is -2.31. The monoisotopic (exact) mass is 418 g/mol. The van der Waals surface area contributed by atoms with Gasteiger partial charge in [0.15, 0.2) is 5.76 Å². The molecule has 1 aliphatic heterocycles. The lowest BCUT2D eigenvalue weighted by atomic mass is 10.1. The molecule has 9 heteroatoms. The number of hydrogen-bond acceptors (Lipinski definition) is 4. The van der Waals surface area contributed by atoms with Crippen molar-refractivity contribution in [2.75, 3.05) is 23.3 Å². The van der Waals surface area contributed by atoms with E-state index in [-0.39, 0.29) is 17.1 Å². The molecule has 0 saturated carbocycles. The molecule has 30 heavy (non-hydrogen) atoms. The van der Waals surface area contributed by atoms with Gasteiger partial charge in [-0.15, -0.1) is 0 Å². The number of hydrogen-bond donors (Lipinski definition) is 1. The van der Waals surface area contributed by atoms with Crippen LogP contribution in [0.1, 0.15) is 41.1 Å². The highest BCUT2D eigenvalue weighted by atomic mass is 19.4. The van der Waals surface area contributed by atoms with Crippen molar-refractivity contribution in [1.29, 1.82) is 0 Å². The molecular formula is C21H21F3N4O2. The van der Waals surface area contributed by atoms with Gasteiger partial charge in [0.2, 0.25) is 0 Å². The SMILES string of the molecule is O=C(Nc1ccc(N2CCCCC2)c(C(F)(F)F)c1)c1ccc(Cn2ccnc2)o1. The number of halogens is 3. The minimum atomic E-state index is -4.52. The average molecular weight is 418 g/mol. The first kappa shape index (κ1) is 20.1. The van der Waals surface area contributed by atoms with Crippen LogP contribution in [0.5, 0.6) is 0 Å². The Hall–Kier alpha value is -3.23. The van der Waals surface area contributed by atoms with Crippen LogP contribution in [0.15, 0.2) is 53.5 Å². The Labute approximate surface area is 171 Å². The molecule has 0 atom stereocenters. The van der Waals surface area contributed by atoms with Crippen molar-refractivity contribution < 1.29 is 22.4 Å². The Morgan fingerprint density at radius 3 is 2.63 bits per heavy atom. The minimum Gasteiger partial charge on any atom is -0.454 e. The predicted molar refractivity (Wildman–Crippen MR) is 105 cm³/mol. The first-order valence-electron chi connectivity index (χ1n) is 9.72. The van der Waals surface area contributed by atoms with Crippen LogP contribution in [0.2, 0.25) is 0 Å². The van der Waals surface area contributed by atoms with Crippen LogP contribution < -0.4 is 10.2 Å². The number of piperidine rings is 1. The number of imidazole rings is 1. The summed E-state index contributed by atoms with van der Waals surface area (Å²) in [6.07, 6.45) is 3.25. The molecule has 0 radical (unpaired) electrons. The zero-order valence-corrected chi connectivity index (χ0v) is 16.2. The van der Waals surface area contributed by atoms with Crippen LogP contribution in [0, 0.1) is 0 Å². The van der Waals surface area contributed by atoms with Gasteiger partial charge in [-0.3, -0.25) is 4.79 Å². The number of nitrogens with one attached hydrogen (secondary N) is 1. The van der Waals surface area contributed by atoms with Gasteiger partial charge in [-0.2, -0.15) is 13.2 Å². The van der Waals surface area contributed by atoms with Crippen molar-refractivity contribution in [3.8, 4) is 0 Å². The number of rotatable bonds is 5. The normalized spacial score (nSPS) is 14.7. The average Bonchev–Trinajstić information content (AvgIpc) is 3.41. The molecule has 1 N–H and O–H groups in total. The second-order valence-corrected chi connectivity index (χ2v) is 7.23. The second kappa shape index (κ2) is 8.25. The van der Waals surface area contributed by atoms with Crippen LogP contribution in [0.3, 0.4) is 0 Å². The Morgan fingerprint density at radius 2 is 1.93 bits per heavy atom. The van der Waals surface area contributed by atoms with E-state index in [1.54, 1.807) is 34.3 Å². The Morgan fingerprint density at radius 1 is 1.13 bits per heavy atom. The highest BCUT2D eigenvalue weighted by molar-refractivity contribution is 6.02. The topological polar surface area (TPSA) is 63.3 Å². The van der Waals surface area contributed by atoms with Gasteiger partial charge < -0.3 is 19.2 Å². The maximum atomic E-state index is 13.7. The molecule has 2 aromatic heterocycles.